The van der Waals surface area contributed by atoms with E-state index in [-0.39, 0.29) is 43.4 Å². The number of hydrogen-bond acceptors (Lipinski definition) is 4. The molecule has 1 aliphatic heterocycles. The zero-order valence-electron chi connectivity index (χ0n) is 11.2. The summed E-state index contributed by atoms with van der Waals surface area (Å²) in [6.45, 7) is 1.31. The monoisotopic (exact) mass is 298 g/mol. The fourth-order valence-corrected chi connectivity index (χ4v) is 2.09. The van der Waals surface area contributed by atoms with Gasteiger partial charge in [0.05, 0.1) is 0 Å². The molecule has 6 heteroatoms. The molecule has 1 fully saturated rings. The van der Waals surface area contributed by atoms with E-state index in [9.17, 15) is 9.59 Å². The number of nitrogens with zero attached hydrogens (tertiary/aromatic N) is 1. The molecule has 1 heterocycles. The largest absolute Gasteiger partial charge is 0.445 e. The molecule has 1 unspecified atom stereocenters. The van der Waals surface area contributed by atoms with E-state index >= 15 is 0 Å². The Hall–Kier alpha value is -1.59. The molecular formula is C14H19ClN2O3. The van der Waals surface area contributed by atoms with Crippen LogP contribution in [0.2, 0.25) is 0 Å². The van der Waals surface area contributed by atoms with Gasteiger partial charge in [0.15, 0.2) is 0 Å². The van der Waals surface area contributed by atoms with Gasteiger partial charge in [0, 0.05) is 32.0 Å². The number of ether oxygens (including phenoxy) is 1. The van der Waals surface area contributed by atoms with E-state index in [1.807, 2.05) is 30.3 Å². The van der Waals surface area contributed by atoms with Gasteiger partial charge >= 0.3 is 6.09 Å². The van der Waals surface area contributed by atoms with Crippen LogP contribution in [0.3, 0.4) is 0 Å². The number of nitrogens with two attached hydrogens (primary N) is 1. The van der Waals surface area contributed by atoms with Gasteiger partial charge in [-0.15, -0.1) is 12.4 Å². The average Bonchev–Trinajstić information content (AvgIpc) is 2.46. The number of rotatable bonds is 3. The SMILES string of the molecule is Cl.NCC1CN(C(=O)OCc2ccccc2)CCC1=O. The zero-order chi connectivity index (χ0) is 13.7. The summed E-state index contributed by atoms with van der Waals surface area (Å²) in [5, 5.41) is 0. The number of amides is 1. The van der Waals surface area contributed by atoms with E-state index in [0.717, 1.165) is 5.56 Å². The topological polar surface area (TPSA) is 72.6 Å². The van der Waals surface area contributed by atoms with Gasteiger partial charge in [-0.05, 0) is 5.56 Å². The van der Waals surface area contributed by atoms with Crippen LogP contribution >= 0.6 is 12.4 Å². The lowest BCUT2D eigenvalue weighted by Gasteiger charge is -2.30. The number of Topliss-reactive ketones (excluding diaryl/α,β-unsaturated/α-hetero) is 1. The first-order valence-electron chi connectivity index (χ1n) is 6.39. The van der Waals surface area contributed by atoms with Crippen molar-refractivity contribution in [2.45, 2.75) is 13.0 Å². The molecule has 110 valence electrons. The summed E-state index contributed by atoms with van der Waals surface area (Å²) in [6.07, 6.45) is -0.0164. The average molecular weight is 299 g/mol. The van der Waals surface area contributed by atoms with Crippen molar-refractivity contribution in [1.29, 1.82) is 0 Å². The maximum absolute atomic E-state index is 11.9. The number of ketones is 1. The van der Waals surface area contributed by atoms with Crippen LogP contribution in [0.1, 0.15) is 12.0 Å². The highest BCUT2D eigenvalue weighted by molar-refractivity contribution is 5.85. The minimum Gasteiger partial charge on any atom is -0.445 e. The summed E-state index contributed by atoms with van der Waals surface area (Å²) in [4.78, 5) is 25.0. The zero-order valence-corrected chi connectivity index (χ0v) is 12.0. The number of carbonyl (C=O) groups excluding carboxylic acids is 2. The molecule has 1 aromatic carbocycles. The highest BCUT2D eigenvalue weighted by atomic mass is 35.5. The van der Waals surface area contributed by atoms with Gasteiger partial charge in [-0.3, -0.25) is 4.79 Å². The first-order chi connectivity index (χ1) is 9.20. The minimum absolute atomic E-state index is 0. The van der Waals surface area contributed by atoms with Gasteiger partial charge in [0.25, 0.3) is 0 Å². The lowest BCUT2D eigenvalue weighted by Crippen LogP contribution is -2.46. The van der Waals surface area contributed by atoms with Crippen LogP contribution < -0.4 is 5.73 Å². The third-order valence-electron chi connectivity index (χ3n) is 3.27. The maximum Gasteiger partial charge on any atom is 0.410 e. The fraction of sp³-hybridized carbons (Fsp3) is 0.429. The molecule has 1 aliphatic rings. The molecule has 1 amide bonds. The van der Waals surface area contributed by atoms with Gasteiger partial charge < -0.3 is 15.4 Å². The van der Waals surface area contributed by atoms with E-state index < -0.39 is 0 Å². The van der Waals surface area contributed by atoms with E-state index in [1.165, 1.54) is 0 Å². The lowest BCUT2D eigenvalue weighted by molar-refractivity contribution is -0.125. The Kier molecular flexibility index (Phi) is 6.48. The number of carbonyl (C=O) groups is 2. The number of likely N-dealkylation sites (tertiary alicyclic amines) is 1. The van der Waals surface area contributed by atoms with Gasteiger partial charge in [-0.2, -0.15) is 0 Å². The minimum atomic E-state index is -0.380. The summed E-state index contributed by atoms with van der Waals surface area (Å²) >= 11 is 0. The van der Waals surface area contributed by atoms with Gasteiger partial charge in [0.2, 0.25) is 0 Å². The van der Waals surface area contributed by atoms with Crippen molar-refractivity contribution in [1.82, 2.24) is 4.90 Å². The fourth-order valence-electron chi connectivity index (χ4n) is 2.09. The van der Waals surface area contributed by atoms with Crippen molar-refractivity contribution in [3.8, 4) is 0 Å². The second-order valence-corrected chi connectivity index (χ2v) is 4.64. The summed E-state index contributed by atoms with van der Waals surface area (Å²) in [5.41, 5.74) is 6.47. The van der Waals surface area contributed by atoms with Crippen LogP contribution in [0.25, 0.3) is 0 Å². The van der Waals surface area contributed by atoms with Crippen LogP contribution in [-0.4, -0.2) is 36.4 Å². The molecule has 1 atom stereocenters. The van der Waals surface area contributed by atoms with Crippen LogP contribution in [-0.2, 0) is 16.1 Å². The molecule has 0 saturated carbocycles. The Bertz CT molecular complexity index is 453. The maximum atomic E-state index is 11.9. The van der Waals surface area contributed by atoms with Crippen LogP contribution in [0.4, 0.5) is 4.79 Å². The quantitative estimate of drug-likeness (QED) is 0.920. The third-order valence-corrected chi connectivity index (χ3v) is 3.27. The van der Waals surface area contributed by atoms with E-state index in [4.69, 9.17) is 10.5 Å². The molecule has 5 nitrogen and oxygen atoms in total. The van der Waals surface area contributed by atoms with Crippen molar-refractivity contribution in [3.05, 3.63) is 35.9 Å². The smallest absolute Gasteiger partial charge is 0.410 e. The molecule has 0 radical (unpaired) electrons. The number of piperidine rings is 1. The Labute approximate surface area is 124 Å². The van der Waals surface area contributed by atoms with Crippen LogP contribution in [0.15, 0.2) is 30.3 Å². The van der Waals surface area contributed by atoms with Crippen molar-refractivity contribution < 1.29 is 14.3 Å². The highest BCUT2D eigenvalue weighted by Gasteiger charge is 2.29. The van der Waals surface area contributed by atoms with Crippen LogP contribution in [0, 0.1) is 5.92 Å². The molecule has 1 aromatic rings. The molecule has 0 bridgehead atoms. The summed E-state index contributed by atoms with van der Waals surface area (Å²) in [7, 11) is 0. The summed E-state index contributed by atoms with van der Waals surface area (Å²) < 4.78 is 5.23. The molecule has 2 N–H and O–H groups in total. The van der Waals surface area contributed by atoms with Gasteiger partial charge in [0.1, 0.15) is 12.4 Å². The summed E-state index contributed by atoms with van der Waals surface area (Å²) in [6, 6.07) is 9.50. The predicted molar refractivity (Wildman–Crippen MR) is 77.6 cm³/mol. The number of halogens is 1. The van der Waals surface area contributed by atoms with Gasteiger partial charge in [-0.1, -0.05) is 30.3 Å². The van der Waals surface area contributed by atoms with E-state index in [1.54, 1.807) is 4.90 Å². The molecule has 2 rings (SSSR count). The molecular weight excluding hydrogens is 280 g/mol. The molecule has 0 spiro atoms. The Morgan fingerprint density at radius 3 is 2.70 bits per heavy atom. The van der Waals surface area contributed by atoms with Crippen molar-refractivity contribution >= 4 is 24.3 Å². The van der Waals surface area contributed by atoms with E-state index in [0.29, 0.717) is 19.5 Å². The van der Waals surface area contributed by atoms with Crippen LogP contribution in [0.5, 0.6) is 0 Å². The van der Waals surface area contributed by atoms with Crippen molar-refractivity contribution in [3.63, 3.8) is 0 Å². The predicted octanol–water partition coefficient (Wildman–Crippen LogP) is 1.59. The second-order valence-electron chi connectivity index (χ2n) is 4.64. The molecule has 0 aromatic heterocycles. The summed E-state index contributed by atoms with van der Waals surface area (Å²) in [5.74, 6) is -0.118. The Morgan fingerprint density at radius 2 is 2.05 bits per heavy atom. The molecule has 0 aliphatic carbocycles. The Morgan fingerprint density at radius 1 is 1.35 bits per heavy atom. The first kappa shape index (κ1) is 16.5. The highest BCUT2D eigenvalue weighted by Crippen LogP contribution is 2.13. The van der Waals surface area contributed by atoms with Crippen molar-refractivity contribution in [2.75, 3.05) is 19.6 Å². The Balaban J connectivity index is 0.00000200. The first-order valence-corrected chi connectivity index (χ1v) is 6.39. The second kappa shape index (κ2) is 7.87. The lowest BCUT2D eigenvalue weighted by atomic mass is 9.97. The normalized spacial score (nSPS) is 18.4. The molecule has 1 saturated heterocycles. The number of benzene rings is 1. The van der Waals surface area contributed by atoms with Gasteiger partial charge in [-0.25, -0.2) is 4.79 Å². The van der Waals surface area contributed by atoms with Crippen molar-refractivity contribution in [2.24, 2.45) is 11.7 Å². The molecule has 20 heavy (non-hydrogen) atoms. The number of hydrogen-bond donors (Lipinski definition) is 1. The standard InChI is InChI=1S/C14H18N2O3.ClH/c15-8-12-9-16(7-6-13(12)17)14(18)19-10-11-4-2-1-3-5-11;/h1-5,12H,6-10,15H2;1H. The third kappa shape index (κ3) is 4.21. The van der Waals surface area contributed by atoms with E-state index in [2.05, 4.69) is 0 Å².